The smallest absolute Gasteiger partial charge is 0.363 e. The van der Waals surface area contributed by atoms with Gasteiger partial charge in [0.1, 0.15) is 0 Å². The van der Waals surface area contributed by atoms with Crippen molar-refractivity contribution in [3.05, 3.63) is 35.5 Å². The summed E-state index contributed by atoms with van der Waals surface area (Å²) in [5, 5.41) is 8.74. The number of nitrogens with zero attached hydrogens (tertiary/aromatic N) is 3. The van der Waals surface area contributed by atoms with Crippen LogP contribution >= 0.6 is 0 Å². The van der Waals surface area contributed by atoms with Crippen LogP contribution < -0.4 is 4.90 Å². The van der Waals surface area contributed by atoms with E-state index >= 15 is 0 Å². The molecule has 1 heterocycles. The molecule has 4 fully saturated rings. The van der Waals surface area contributed by atoms with Crippen LogP contribution in [0.1, 0.15) is 50.5 Å². The molecule has 0 radical (unpaired) electrons. The second-order valence-corrected chi connectivity index (χ2v) is 9.46. The molecular weight excluding hydrogens is 362 g/mol. The summed E-state index contributed by atoms with van der Waals surface area (Å²) in [6.45, 7) is 0.696. The Hall–Kier alpha value is -2.61. The van der Waals surface area contributed by atoms with Gasteiger partial charge < -0.3 is 9.64 Å². The summed E-state index contributed by atoms with van der Waals surface area (Å²) in [4.78, 5) is 19.3. The van der Waals surface area contributed by atoms with Crippen LogP contribution in [0.2, 0.25) is 0 Å². The molecule has 1 aliphatic heterocycles. The number of esters is 1. The number of hydrogen-bond acceptors (Lipinski definition) is 5. The number of hydrogen-bond donors (Lipinski definition) is 0. The first-order valence-corrected chi connectivity index (χ1v) is 10.8. The van der Waals surface area contributed by atoms with E-state index in [9.17, 15) is 4.79 Å². The minimum Gasteiger partial charge on any atom is -0.406 e. The van der Waals surface area contributed by atoms with Crippen molar-refractivity contribution in [3.8, 4) is 6.07 Å². The first-order chi connectivity index (χ1) is 14.0. The van der Waals surface area contributed by atoms with Gasteiger partial charge in [-0.25, -0.2) is 9.79 Å². The van der Waals surface area contributed by atoms with E-state index < -0.39 is 0 Å². The maximum absolute atomic E-state index is 12.5. The van der Waals surface area contributed by atoms with Crippen molar-refractivity contribution in [2.75, 3.05) is 18.5 Å². The number of cyclic esters (lactones) is 1. The lowest BCUT2D eigenvalue weighted by atomic mass is 9.49. The monoisotopic (exact) mass is 389 g/mol. The van der Waals surface area contributed by atoms with E-state index in [0.717, 1.165) is 48.3 Å². The highest BCUT2D eigenvalue weighted by Crippen LogP contribution is 2.61. The van der Waals surface area contributed by atoms with Crippen molar-refractivity contribution in [2.24, 2.45) is 28.2 Å². The Morgan fingerprint density at radius 2 is 1.79 bits per heavy atom. The molecule has 4 aliphatic carbocycles. The van der Waals surface area contributed by atoms with Crippen LogP contribution in [0.4, 0.5) is 5.69 Å². The molecule has 4 saturated carbocycles. The highest BCUT2D eigenvalue weighted by atomic mass is 16.6. The zero-order chi connectivity index (χ0) is 20.0. The predicted molar refractivity (Wildman–Crippen MR) is 112 cm³/mol. The molecular formula is C24H27N3O2. The van der Waals surface area contributed by atoms with Gasteiger partial charge in [-0.2, -0.15) is 5.26 Å². The molecule has 5 aliphatic rings. The third kappa shape index (κ3) is 3.35. The number of carbonyl (C=O) groups is 1. The minimum absolute atomic E-state index is 0.00725. The molecule has 6 rings (SSSR count). The van der Waals surface area contributed by atoms with Gasteiger partial charge in [0.25, 0.3) is 0 Å². The van der Waals surface area contributed by atoms with Crippen LogP contribution in [0.5, 0.6) is 0 Å². The first kappa shape index (κ1) is 18.4. The molecule has 0 spiro atoms. The standard InChI is InChI=1S/C24H27N3O2/c1-27(8-2-7-25)20-5-3-16(4-6-20)12-21-22(28)29-23(26-21)24-13-17-9-18(14-24)11-19(10-17)15-24/h3-6,12,17-19H,2,8-11,13-15H2,1H3/b21-12-. The number of benzene rings is 1. The Bertz CT molecular complexity index is 887. The van der Waals surface area contributed by atoms with Crippen LogP contribution in [0.15, 0.2) is 35.0 Å². The van der Waals surface area contributed by atoms with E-state index in [-0.39, 0.29) is 11.4 Å². The largest absolute Gasteiger partial charge is 0.406 e. The molecule has 1 aromatic rings. The number of ether oxygens (including phenoxy) is 1. The predicted octanol–water partition coefficient (Wildman–Crippen LogP) is 4.55. The fourth-order valence-corrected chi connectivity index (χ4v) is 6.34. The number of aliphatic imine (C=N–C) groups is 1. The average Bonchev–Trinajstić information content (AvgIpc) is 3.07. The fraction of sp³-hybridized carbons (Fsp3) is 0.542. The van der Waals surface area contributed by atoms with Gasteiger partial charge in [-0.05, 0) is 80.1 Å². The quantitative estimate of drug-likeness (QED) is 0.547. The Labute approximate surface area is 172 Å². The zero-order valence-corrected chi connectivity index (χ0v) is 16.9. The summed E-state index contributed by atoms with van der Waals surface area (Å²) in [6.07, 6.45) is 9.83. The lowest BCUT2D eigenvalue weighted by molar-refractivity contribution is -0.131. The van der Waals surface area contributed by atoms with Crippen molar-refractivity contribution < 1.29 is 9.53 Å². The lowest BCUT2D eigenvalue weighted by Crippen LogP contribution is -2.50. The molecule has 0 atom stereocenters. The van der Waals surface area contributed by atoms with Gasteiger partial charge >= 0.3 is 5.97 Å². The van der Waals surface area contributed by atoms with E-state index in [0.29, 0.717) is 24.6 Å². The Balaban J connectivity index is 1.35. The molecule has 0 aromatic heterocycles. The van der Waals surface area contributed by atoms with Gasteiger partial charge in [0, 0.05) is 24.7 Å². The van der Waals surface area contributed by atoms with Gasteiger partial charge in [-0.3, -0.25) is 0 Å². The third-order valence-electron chi connectivity index (χ3n) is 7.31. The second-order valence-electron chi connectivity index (χ2n) is 9.46. The summed E-state index contributed by atoms with van der Waals surface area (Å²) in [5.74, 6) is 2.76. The van der Waals surface area contributed by atoms with Crippen molar-refractivity contribution in [2.45, 2.75) is 44.9 Å². The van der Waals surface area contributed by atoms with E-state index in [1.165, 1.54) is 19.3 Å². The van der Waals surface area contributed by atoms with Gasteiger partial charge in [0.05, 0.1) is 12.5 Å². The molecule has 0 amide bonds. The molecule has 5 nitrogen and oxygen atoms in total. The zero-order valence-electron chi connectivity index (χ0n) is 16.9. The van der Waals surface area contributed by atoms with Gasteiger partial charge in [-0.15, -0.1) is 0 Å². The van der Waals surface area contributed by atoms with Crippen LogP contribution in [-0.2, 0) is 9.53 Å². The van der Waals surface area contributed by atoms with Gasteiger partial charge in [0.15, 0.2) is 5.70 Å². The van der Waals surface area contributed by atoms with Crippen molar-refractivity contribution in [1.29, 1.82) is 5.26 Å². The summed E-state index contributed by atoms with van der Waals surface area (Å²) < 4.78 is 5.74. The Morgan fingerprint density at radius 1 is 1.17 bits per heavy atom. The maximum Gasteiger partial charge on any atom is 0.363 e. The van der Waals surface area contributed by atoms with E-state index in [1.807, 2.05) is 42.3 Å². The number of rotatable bonds is 5. The fourth-order valence-electron chi connectivity index (χ4n) is 6.34. The molecule has 0 N–H and O–H groups in total. The normalized spacial score (nSPS) is 33.5. The summed E-state index contributed by atoms with van der Waals surface area (Å²) in [5.41, 5.74) is 2.41. The molecule has 5 heteroatoms. The molecule has 0 saturated heterocycles. The van der Waals surface area contributed by atoms with E-state index in [4.69, 9.17) is 15.0 Å². The molecule has 29 heavy (non-hydrogen) atoms. The summed E-state index contributed by atoms with van der Waals surface area (Å²) in [7, 11) is 1.97. The molecule has 1 aromatic carbocycles. The van der Waals surface area contributed by atoms with Crippen LogP contribution in [0.25, 0.3) is 6.08 Å². The Morgan fingerprint density at radius 3 is 2.38 bits per heavy atom. The molecule has 4 bridgehead atoms. The molecule has 150 valence electrons. The number of nitriles is 1. The third-order valence-corrected chi connectivity index (χ3v) is 7.31. The van der Waals surface area contributed by atoms with Crippen molar-refractivity contribution in [1.82, 2.24) is 0 Å². The van der Waals surface area contributed by atoms with E-state index in [2.05, 4.69) is 6.07 Å². The number of carbonyl (C=O) groups excluding carboxylic acids is 1. The van der Waals surface area contributed by atoms with Crippen LogP contribution in [0.3, 0.4) is 0 Å². The SMILES string of the molecule is CN(CCC#N)c1ccc(/C=C2\N=C(C34CC5CC(CC(C5)C3)C4)OC2=O)cc1. The van der Waals surface area contributed by atoms with Crippen molar-refractivity contribution in [3.63, 3.8) is 0 Å². The van der Waals surface area contributed by atoms with Crippen LogP contribution in [0, 0.1) is 34.5 Å². The first-order valence-electron chi connectivity index (χ1n) is 10.8. The van der Waals surface area contributed by atoms with Gasteiger partial charge in [-0.1, -0.05) is 12.1 Å². The van der Waals surface area contributed by atoms with Gasteiger partial charge in [0.2, 0.25) is 5.90 Å². The highest BCUT2D eigenvalue weighted by Gasteiger charge is 2.55. The topological polar surface area (TPSA) is 65.7 Å². The average molecular weight is 389 g/mol. The maximum atomic E-state index is 12.5. The summed E-state index contributed by atoms with van der Waals surface area (Å²) >= 11 is 0. The highest BCUT2D eigenvalue weighted by molar-refractivity contribution is 6.09. The molecule has 0 unspecified atom stereocenters. The van der Waals surface area contributed by atoms with Crippen LogP contribution in [-0.4, -0.2) is 25.5 Å². The van der Waals surface area contributed by atoms with E-state index in [1.54, 1.807) is 0 Å². The Kier molecular flexibility index (Phi) is 4.46. The number of anilines is 1. The van der Waals surface area contributed by atoms with Crippen molar-refractivity contribution >= 4 is 23.6 Å². The second kappa shape index (κ2) is 7.02. The lowest BCUT2D eigenvalue weighted by Gasteiger charge is -2.55. The summed E-state index contributed by atoms with van der Waals surface area (Å²) in [6, 6.07) is 10.1. The minimum atomic E-state index is -0.314.